The lowest BCUT2D eigenvalue weighted by Crippen LogP contribution is -2.38. The fraction of sp³-hybridized carbons (Fsp3) is 0.364. The monoisotopic (exact) mass is 364 g/mol. The molecule has 0 spiro atoms. The Morgan fingerprint density at radius 1 is 1.04 bits per heavy atom. The van der Waals surface area contributed by atoms with Gasteiger partial charge in [-0.3, -0.25) is 9.69 Å². The highest BCUT2D eigenvalue weighted by atomic mass is 16.6. The third-order valence-corrected chi connectivity index (χ3v) is 5.83. The van der Waals surface area contributed by atoms with Gasteiger partial charge in [-0.2, -0.15) is 0 Å². The maximum absolute atomic E-state index is 12.9. The first kappa shape index (κ1) is 17.6. The van der Waals surface area contributed by atoms with Crippen LogP contribution in [0.5, 0.6) is 0 Å². The van der Waals surface area contributed by atoms with E-state index in [1.807, 2.05) is 23.1 Å². The highest BCUT2D eigenvalue weighted by Gasteiger charge is 2.47. The number of primary amides is 1. The van der Waals surface area contributed by atoms with Gasteiger partial charge in [0.25, 0.3) is 0 Å². The van der Waals surface area contributed by atoms with E-state index in [-0.39, 0.29) is 24.8 Å². The van der Waals surface area contributed by atoms with Crippen LogP contribution >= 0.6 is 0 Å². The second kappa shape index (κ2) is 7.43. The Bertz CT molecular complexity index is 819. The van der Waals surface area contributed by atoms with E-state index in [0.717, 1.165) is 18.4 Å². The Hall–Kier alpha value is -2.82. The topological polar surface area (TPSA) is 72.6 Å². The quantitative estimate of drug-likeness (QED) is 0.890. The van der Waals surface area contributed by atoms with Gasteiger partial charge in [-0.05, 0) is 48.4 Å². The van der Waals surface area contributed by atoms with Crippen LogP contribution in [0.2, 0.25) is 0 Å². The largest absolute Gasteiger partial charge is 0.445 e. The summed E-state index contributed by atoms with van der Waals surface area (Å²) in [5, 5.41) is 0. The lowest BCUT2D eigenvalue weighted by molar-refractivity contribution is 0.0766. The van der Waals surface area contributed by atoms with Crippen molar-refractivity contribution in [3.8, 4) is 0 Å². The van der Waals surface area contributed by atoms with E-state index in [9.17, 15) is 9.59 Å². The Morgan fingerprint density at radius 3 is 2.48 bits per heavy atom. The van der Waals surface area contributed by atoms with Crippen molar-refractivity contribution in [2.45, 2.75) is 44.4 Å². The third kappa shape index (κ3) is 3.54. The fourth-order valence-electron chi connectivity index (χ4n) is 4.51. The van der Waals surface area contributed by atoms with Crippen LogP contribution < -0.4 is 5.73 Å². The summed E-state index contributed by atoms with van der Waals surface area (Å²) in [6.07, 6.45) is 4.17. The van der Waals surface area contributed by atoms with Crippen molar-refractivity contribution < 1.29 is 14.3 Å². The van der Waals surface area contributed by atoms with Crippen LogP contribution in [-0.2, 0) is 11.3 Å². The number of nitrogens with zero attached hydrogens (tertiary/aromatic N) is 1. The van der Waals surface area contributed by atoms with Gasteiger partial charge in [-0.25, -0.2) is 4.79 Å². The van der Waals surface area contributed by atoms with E-state index in [1.54, 1.807) is 24.3 Å². The van der Waals surface area contributed by atoms with Crippen molar-refractivity contribution in [3.05, 3.63) is 71.3 Å². The van der Waals surface area contributed by atoms with Crippen molar-refractivity contribution in [2.75, 3.05) is 0 Å². The van der Waals surface area contributed by atoms with Gasteiger partial charge < -0.3 is 10.5 Å². The second-order valence-electron chi connectivity index (χ2n) is 7.44. The maximum Gasteiger partial charge on any atom is 0.410 e. The molecule has 3 atom stereocenters. The number of amides is 2. The van der Waals surface area contributed by atoms with Crippen LogP contribution in [0.15, 0.2) is 54.6 Å². The molecule has 5 heteroatoms. The number of hydrogen-bond donors (Lipinski definition) is 1. The first-order valence-corrected chi connectivity index (χ1v) is 9.52. The van der Waals surface area contributed by atoms with Crippen LogP contribution in [0.4, 0.5) is 4.79 Å². The van der Waals surface area contributed by atoms with Gasteiger partial charge >= 0.3 is 6.09 Å². The summed E-state index contributed by atoms with van der Waals surface area (Å²) in [5.41, 5.74) is 7.72. The molecular weight excluding hydrogens is 340 g/mol. The minimum Gasteiger partial charge on any atom is -0.445 e. The molecule has 1 aliphatic heterocycles. The average Bonchev–Trinajstić information content (AvgIpc) is 3.28. The molecule has 1 aliphatic carbocycles. The molecule has 0 bridgehead atoms. The number of carbonyl (C=O) groups excluding carboxylic acids is 2. The number of fused-ring (bicyclic) bond motifs is 1. The summed E-state index contributed by atoms with van der Waals surface area (Å²) in [4.78, 5) is 26.1. The van der Waals surface area contributed by atoms with E-state index < -0.39 is 5.91 Å². The molecule has 1 saturated heterocycles. The molecule has 140 valence electrons. The molecule has 0 unspecified atom stereocenters. The van der Waals surface area contributed by atoms with E-state index in [0.29, 0.717) is 11.5 Å². The molecule has 1 saturated carbocycles. The first-order valence-electron chi connectivity index (χ1n) is 9.52. The van der Waals surface area contributed by atoms with Crippen molar-refractivity contribution in [2.24, 2.45) is 11.7 Å². The maximum atomic E-state index is 12.9. The SMILES string of the molecule is NC(=O)c1ccc(COC(=O)N2[C@@H]3CCC[C@@H]3C[C@H]2c2ccccc2)cc1. The molecule has 4 rings (SSSR count). The minimum absolute atomic E-state index is 0.0891. The number of ether oxygens (including phenoxy) is 1. The summed E-state index contributed by atoms with van der Waals surface area (Å²) in [6, 6.07) is 17.4. The van der Waals surface area contributed by atoms with Gasteiger partial charge in [0, 0.05) is 11.6 Å². The molecule has 1 heterocycles. The summed E-state index contributed by atoms with van der Waals surface area (Å²) in [7, 11) is 0. The smallest absolute Gasteiger partial charge is 0.410 e. The summed E-state index contributed by atoms with van der Waals surface area (Å²) < 4.78 is 5.64. The molecule has 2 aliphatic rings. The normalized spacial score (nSPS) is 23.9. The number of nitrogens with two attached hydrogens (primary N) is 1. The van der Waals surface area contributed by atoms with Crippen LogP contribution in [0.3, 0.4) is 0 Å². The van der Waals surface area contributed by atoms with E-state index in [4.69, 9.17) is 10.5 Å². The molecule has 27 heavy (non-hydrogen) atoms. The summed E-state index contributed by atoms with van der Waals surface area (Å²) in [6.45, 7) is 0.188. The zero-order valence-corrected chi connectivity index (χ0v) is 15.2. The number of carbonyl (C=O) groups is 2. The molecule has 0 radical (unpaired) electrons. The molecule has 2 fully saturated rings. The van der Waals surface area contributed by atoms with Crippen LogP contribution in [0.25, 0.3) is 0 Å². The highest BCUT2D eigenvalue weighted by Crippen LogP contribution is 2.47. The average molecular weight is 364 g/mol. The second-order valence-corrected chi connectivity index (χ2v) is 7.44. The number of hydrogen-bond acceptors (Lipinski definition) is 3. The lowest BCUT2D eigenvalue weighted by atomic mass is 9.98. The molecule has 2 N–H and O–H groups in total. The van der Waals surface area contributed by atoms with Crippen LogP contribution in [0.1, 0.15) is 53.2 Å². The summed E-state index contributed by atoms with van der Waals surface area (Å²) in [5.74, 6) is 0.103. The van der Waals surface area contributed by atoms with Gasteiger partial charge in [0.1, 0.15) is 6.61 Å². The lowest BCUT2D eigenvalue weighted by Gasteiger charge is -2.29. The van der Waals surface area contributed by atoms with Gasteiger partial charge in [0.2, 0.25) is 5.91 Å². The number of benzene rings is 2. The van der Waals surface area contributed by atoms with Gasteiger partial charge in [-0.15, -0.1) is 0 Å². The van der Waals surface area contributed by atoms with Crippen molar-refractivity contribution in [1.82, 2.24) is 4.90 Å². The molecule has 0 aromatic heterocycles. The minimum atomic E-state index is -0.464. The standard InChI is InChI=1S/C22H24N2O3/c23-21(25)17-11-9-15(10-12-17)14-27-22(26)24-19-8-4-7-18(19)13-20(24)16-5-2-1-3-6-16/h1-3,5-6,9-12,18-20H,4,7-8,13-14H2,(H2,23,25)/t18-,19-,20+/m1/s1. The van der Waals surface area contributed by atoms with Crippen molar-refractivity contribution in [1.29, 1.82) is 0 Å². The zero-order chi connectivity index (χ0) is 18.8. The Balaban J connectivity index is 1.47. The Labute approximate surface area is 159 Å². The predicted molar refractivity (Wildman–Crippen MR) is 102 cm³/mol. The predicted octanol–water partition coefficient (Wildman–Crippen LogP) is 4.04. The molecule has 2 aromatic rings. The molecule has 2 aromatic carbocycles. The summed E-state index contributed by atoms with van der Waals surface area (Å²) >= 11 is 0. The third-order valence-electron chi connectivity index (χ3n) is 5.83. The number of rotatable bonds is 4. The van der Waals surface area contributed by atoms with Crippen molar-refractivity contribution >= 4 is 12.0 Å². The van der Waals surface area contributed by atoms with Crippen LogP contribution in [0, 0.1) is 5.92 Å². The fourth-order valence-corrected chi connectivity index (χ4v) is 4.51. The first-order chi connectivity index (χ1) is 13.1. The van der Waals surface area contributed by atoms with Gasteiger partial charge in [-0.1, -0.05) is 48.9 Å². The Morgan fingerprint density at radius 2 is 1.78 bits per heavy atom. The molecular formula is C22H24N2O3. The molecule has 2 amide bonds. The van der Waals surface area contributed by atoms with E-state index in [2.05, 4.69) is 12.1 Å². The van der Waals surface area contributed by atoms with Gasteiger partial charge in [0.05, 0.1) is 6.04 Å². The Kier molecular flexibility index (Phi) is 4.84. The zero-order valence-electron chi connectivity index (χ0n) is 15.2. The van der Waals surface area contributed by atoms with Crippen LogP contribution in [-0.4, -0.2) is 22.9 Å². The molecule has 5 nitrogen and oxygen atoms in total. The van der Waals surface area contributed by atoms with E-state index in [1.165, 1.54) is 18.4 Å². The van der Waals surface area contributed by atoms with E-state index >= 15 is 0 Å². The van der Waals surface area contributed by atoms with Gasteiger partial charge in [0.15, 0.2) is 0 Å². The van der Waals surface area contributed by atoms with Crippen molar-refractivity contribution in [3.63, 3.8) is 0 Å². The number of likely N-dealkylation sites (tertiary alicyclic amines) is 1. The highest BCUT2D eigenvalue weighted by molar-refractivity contribution is 5.92.